The molecule has 0 unspecified atom stereocenters. The third kappa shape index (κ3) is 5.25. The molecule has 1 aromatic heterocycles. The van der Waals surface area contributed by atoms with Crippen LogP contribution in [0.3, 0.4) is 0 Å². The van der Waals surface area contributed by atoms with E-state index < -0.39 is 15.7 Å². The molecule has 0 N–H and O–H groups in total. The van der Waals surface area contributed by atoms with Gasteiger partial charge in [0.2, 0.25) is 0 Å². The molecule has 0 spiro atoms. The van der Waals surface area contributed by atoms with Crippen molar-refractivity contribution < 1.29 is 17.5 Å². The Morgan fingerprint density at radius 1 is 1.00 bits per heavy atom. The first-order chi connectivity index (χ1) is 16.2. The van der Waals surface area contributed by atoms with Crippen LogP contribution in [0, 0.1) is 17.1 Å². The van der Waals surface area contributed by atoms with Crippen molar-refractivity contribution in [3.05, 3.63) is 101 Å². The van der Waals surface area contributed by atoms with Gasteiger partial charge in [-0.15, -0.1) is 0 Å². The first kappa shape index (κ1) is 23.4. The Hall–Kier alpha value is -3.73. The molecule has 34 heavy (non-hydrogen) atoms. The zero-order chi connectivity index (χ0) is 24.3. The standard InChI is InChI=1S/C26H18ClFN2O3S/c1-34(31,32)23-11-24(19-4-8-22(28)9-5-19)26(20-10-18(13-29)14-30-15-20)25(12-23)33-16-17-2-6-21(27)7-3-17/h2-12,14-15H,16H2,1H3. The topological polar surface area (TPSA) is 80.1 Å². The number of benzene rings is 3. The van der Waals surface area contributed by atoms with Crippen molar-refractivity contribution >= 4 is 21.4 Å². The van der Waals surface area contributed by atoms with E-state index in [1.165, 1.54) is 30.5 Å². The first-order valence-electron chi connectivity index (χ1n) is 10.1. The minimum atomic E-state index is -3.60. The summed E-state index contributed by atoms with van der Waals surface area (Å²) in [5.41, 5.74) is 3.35. The lowest BCUT2D eigenvalue weighted by Gasteiger charge is -2.18. The second-order valence-electron chi connectivity index (χ2n) is 7.61. The number of hydrogen-bond donors (Lipinski definition) is 0. The molecule has 0 saturated carbocycles. The maximum absolute atomic E-state index is 13.6. The minimum absolute atomic E-state index is 0.0473. The molecule has 3 aromatic carbocycles. The fourth-order valence-electron chi connectivity index (χ4n) is 3.45. The average molecular weight is 493 g/mol. The van der Waals surface area contributed by atoms with Crippen LogP contribution in [0.1, 0.15) is 11.1 Å². The molecule has 4 aromatic rings. The predicted octanol–water partition coefficient (Wildman–Crippen LogP) is 6.06. The number of pyridine rings is 1. The van der Waals surface area contributed by atoms with Gasteiger partial charge >= 0.3 is 0 Å². The van der Waals surface area contributed by atoms with Gasteiger partial charge in [0.25, 0.3) is 0 Å². The lowest BCUT2D eigenvalue weighted by molar-refractivity contribution is 0.307. The maximum Gasteiger partial charge on any atom is 0.175 e. The van der Waals surface area contributed by atoms with Gasteiger partial charge in [-0.3, -0.25) is 4.98 Å². The summed E-state index contributed by atoms with van der Waals surface area (Å²) in [6, 6.07) is 19.5. The number of halogens is 2. The van der Waals surface area contributed by atoms with Crippen LogP contribution in [-0.2, 0) is 16.4 Å². The molecule has 0 aliphatic rings. The largest absolute Gasteiger partial charge is 0.488 e. The normalized spacial score (nSPS) is 11.1. The molecule has 0 saturated heterocycles. The second kappa shape index (κ2) is 9.64. The Kier molecular flexibility index (Phi) is 6.64. The number of sulfone groups is 1. The number of aromatic nitrogens is 1. The molecule has 0 aliphatic carbocycles. The summed E-state index contributed by atoms with van der Waals surface area (Å²) in [6.07, 6.45) is 4.11. The van der Waals surface area contributed by atoms with Crippen LogP contribution >= 0.6 is 11.6 Å². The van der Waals surface area contributed by atoms with Crippen molar-refractivity contribution in [3.8, 4) is 34.1 Å². The quantitative estimate of drug-likeness (QED) is 0.326. The molecule has 0 aliphatic heterocycles. The van der Waals surface area contributed by atoms with Gasteiger partial charge in [-0.1, -0.05) is 35.9 Å². The van der Waals surface area contributed by atoms with E-state index in [9.17, 15) is 18.1 Å². The van der Waals surface area contributed by atoms with Crippen molar-refractivity contribution in [1.29, 1.82) is 5.26 Å². The summed E-state index contributed by atoms with van der Waals surface area (Å²) in [5.74, 6) is -0.133. The highest BCUT2D eigenvalue weighted by molar-refractivity contribution is 7.90. The second-order valence-corrected chi connectivity index (χ2v) is 10.1. The smallest absolute Gasteiger partial charge is 0.175 e. The molecule has 170 valence electrons. The lowest BCUT2D eigenvalue weighted by Crippen LogP contribution is -2.03. The molecule has 1 heterocycles. The molecule has 0 radical (unpaired) electrons. The van der Waals surface area contributed by atoms with Gasteiger partial charge in [0.05, 0.1) is 10.5 Å². The van der Waals surface area contributed by atoms with Crippen LogP contribution < -0.4 is 4.74 Å². The first-order valence-corrected chi connectivity index (χ1v) is 12.4. The zero-order valence-corrected chi connectivity index (χ0v) is 19.6. The molecule has 4 rings (SSSR count). The summed E-state index contributed by atoms with van der Waals surface area (Å²) in [7, 11) is -3.60. The Morgan fingerprint density at radius 3 is 2.35 bits per heavy atom. The van der Waals surface area contributed by atoms with Crippen LogP contribution in [0.4, 0.5) is 4.39 Å². The SMILES string of the molecule is CS(=O)(=O)c1cc(OCc2ccc(Cl)cc2)c(-c2cncc(C#N)c2)c(-c2ccc(F)cc2)c1. The Labute approximate surface area is 202 Å². The summed E-state index contributed by atoms with van der Waals surface area (Å²) >= 11 is 5.97. The van der Waals surface area contributed by atoms with Crippen molar-refractivity contribution in [2.45, 2.75) is 11.5 Å². The van der Waals surface area contributed by atoms with Gasteiger partial charge in [0, 0.05) is 34.8 Å². The Bertz CT molecular complexity index is 1500. The van der Waals surface area contributed by atoms with Gasteiger partial charge in [-0.25, -0.2) is 12.8 Å². The van der Waals surface area contributed by atoms with E-state index in [1.54, 1.807) is 48.7 Å². The molecule has 5 nitrogen and oxygen atoms in total. The summed E-state index contributed by atoms with van der Waals surface area (Å²) in [6.45, 7) is 0.144. The molecular formula is C26H18ClFN2O3S. The van der Waals surface area contributed by atoms with Gasteiger partial charge in [-0.2, -0.15) is 5.26 Å². The lowest BCUT2D eigenvalue weighted by atomic mass is 9.94. The molecule has 0 amide bonds. The van der Waals surface area contributed by atoms with E-state index in [0.717, 1.165) is 11.8 Å². The number of ether oxygens (including phenoxy) is 1. The summed E-state index contributed by atoms with van der Waals surface area (Å²) < 4.78 is 44.7. The molecular weight excluding hydrogens is 475 g/mol. The highest BCUT2D eigenvalue weighted by Crippen LogP contribution is 2.42. The average Bonchev–Trinajstić information content (AvgIpc) is 2.83. The van der Waals surface area contributed by atoms with Crippen LogP contribution in [0.15, 0.2) is 84.0 Å². The third-order valence-corrected chi connectivity index (χ3v) is 6.47. The van der Waals surface area contributed by atoms with E-state index in [4.69, 9.17) is 16.3 Å². The number of nitriles is 1. The summed E-state index contributed by atoms with van der Waals surface area (Å²) in [5, 5.41) is 9.95. The monoisotopic (exact) mass is 492 g/mol. The van der Waals surface area contributed by atoms with Crippen molar-refractivity contribution in [3.63, 3.8) is 0 Å². The van der Waals surface area contributed by atoms with Gasteiger partial charge < -0.3 is 4.74 Å². The number of rotatable bonds is 6. The van der Waals surface area contributed by atoms with Crippen LogP contribution in [0.2, 0.25) is 5.02 Å². The van der Waals surface area contributed by atoms with E-state index in [0.29, 0.717) is 32.8 Å². The third-order valence-electron chi connectivity index (χ3n) is 5.12. The van der Waals surface area contributed by atoms with E-state index >= 15 is 0 Å². The Balaban J connectivity index is 1.95. The van der Waals surface area contributed by atoms with E-state index in [2.05, 4.69) is 11.1 Å². The van der Waals surface area contributed by atoms with Crippen LogP contribution in [0.5, 0.6) is 5.75 Å². The predicted molar refractivity (Wildman–Crippen MR) is 129 cm³/mol. The van der Waals surface area contributed by atoms with Crippen molar-refractivity contribution in [2.24, 2.45) is 0 Å². The molecule has 8 heteroatoms. The van der Waals surface area contributed by atoms with Crippen LogP contribution in [0.25, 0.3) is 22.3 Å². The molecule has 0 bridgehead atoms. The van der Waals surface area contributed by atoms with Crippen molar-refractivity contribution in [1.82, 2.24) is 4.98 Å². The molecule has 0 fully saturated rings. The zero-order valence-electron chi connectivity index (χ0n) is 18.0. The van der Waals surface area contributed by atoms with E-state index in [-0.39, 0.29) is 17.3 Å². The van der Waals surface area contributed by atoms with E-state index in [1.807, 2.05) is 0 Å². The maximum atomic E-state index is 13.6. The van der Waals surface area contributed by atoms with Gasteiger partial charge in [0.15, 0.2) is 9.84 Å². The highest BCUT2D eigenvalue weighted by Gasteiger charge is 2.20. The minimum Gasteiger partial charge on any atom is -0.488 e. The highest BCUT2D eigenvalue weighted by atomic mass is 35.5. The Morgan fingerprint density at radius 2 is 1.71 bits per heavy atom. The molecule has 0 atom stereocenters. The fraction of sp³-hybridized carbons (Fsp3) is 0.0769. The van der Waals surface area contributed by atoms with Crippen molar-refractivity contribution in [2.75, 3.05) is 6.26 Å². The summed E-state index contributed by atoms with van der Waals surface area (Å²) in [4.78, 5) is 4.20. The number of nitrogens with zero attached hydrogens (tertiary/aromatic N) is 2. The van der Waals surface area contributed by atoms with Crippen LogP contribution in [-0.4, -0.2) is 19.7 Å². The van der Waals surface area contributed by atoms with Gasteiger partial charge in [0.1, 0.15) is 24.2 Å². The number of hydrogen-bond acceptors (Lipinski definition) is 5. The fourth-order valence-corrected chi connectivity index (χ4v) is 4.23. The van der Waals surface area contributed by atoms with Gasteiger partial charge in [-0.05, 0) is 59.2 Å².